The molecule has 1 saturated carbocycles. The van der Waals surface area contributed by atoms with Crippen LogP contribution in [0.4, 0.5) is 10.5 Å². The number of nitro benzene ring substituents is 1. The van der Waals surface area contributed by atoms with Gasteiger partial charge >= 0.3 is 17.7 Å². The predicted molar refractivity (Wildman–Crippen MR) is 99.4 cm³/mol. The topological polar surface area (TPSA) is 131 Å². The summed E-state index contributed by atoms with van der Waals surface area (Å²) in [4.78, 5) is 35.2. The molecule has 0 aromatic heterocycles. The molecule has 1 aromatic carbocycles. The number of rotatable bonds is 4. The maximum atomic E-state index is 12.9. The molecule has 9 heteroatoms. The number of ether oxygens (including phenoxy) is 1. The highest BCUT2D eigenvalue weighted by molar-refractivity contribution is 5.95. The first-order valence-corrected chi connectivity index (χ1v) is 9.22. The second-order valence-electron chi connectivity index (χ2n) is 7.36. The average Bonchev–Trinajstić information content (AvgIpc) is 2.63. The van der Waals surface area contributed by atoms with Crippen molar-refractivity contribution in [2.75, 3.05) is 0 Å². The standard InChI is InChI=1S/C19H23N3O6/c1-10-3-6-13(7-4-10)28-18(24)16-11(2)20-19(25)21-17(16)12-5-8-15(23)14(9-12)22(26)27/h5,8-10,13,17,23H,3-4,6-7H2,1-2H3,(H2,20,21,25)/t10?,13?,17-/m0/s1. The highest BCUT2D eigenvalue weighted by Gasteiger charge is 2.35. The molecule has 0 saturated heterocycles. The van der Waals surface area contributed by atoms with Crippen LogP contribution in [0.15, 0.2) is 29.5 Å². The smallest absolute Gasteiger partial charge is 0.338 e. The van der Waals surface area contributed by atoms with Crippen LogP contribution in [-0.4, -0.2) is 28.1 Å². The Labute approximate surface area is 161 Å². The second kappa shape index (κ2) is 7.87. The fraction of sp³-hybridized carbons (Fsp3) is 0.474. The van der Waals surface area contributed by atoms with Gasteiger partial charge in [-0.05, 0) is 50.2 Å². The molecule has 2 amide bonds. The second-order valence-corrected chi connectivity index (χ2v) is 7.36. The van der Waals surface area contributed by atoms with Crippen LogP contribution >= 0.6 is 0 Å². The zero-order valence-corrected chi connectivity index (χ0v) is 15.7. The van der Waals surface area contributed by atoms with Gasteiger partial charge in [-0.15, -0.1) is 0 Å². The highest BCUT2D eigenvalue weighted by Crippen LogP contribution is 2.34. The average molecular weight is 389 g/mol. The minimum absolute atomic E-state index is 0.184. The van der Waals surface area contributed by atoms with Gasteiger partial charge in [0.05, 0.1) is 16.5 Å². The van der Waals surface area contributed by atoms with Crippen molar-refractivity contribution in [3.05, 3.63) is 45.1 Å². The number of allylic oxidation sites excluding steroid dienone is 1. The van der Waals surface area contributed by atoms with Crippen LogP contribution in [0.3, 0.4) is 0 Å². The lowest BCUT2D eigenvalue weighted by Crippen LogP contribution is -2.45. The van der Waals surface area contributed by atoms with E-state index < -0.39 is 34.4 Å². The normalized spacial score (nSPS) is 24.9. The summed E-state index contributed by atoms with van der Waals surface area (Å²) >= 11 is 0. The highest BCUT2D eigenvalue weighted by atomic mass is 16.6. The van der Waals surface area contributed by atoms with Gasteiger partial charge in [-0.3, -0.25) is 10.1 Å². The van der Waals surface area contributed by atoms with Crippen LogP contribution < -0.4 is 10.6 Å². The lowest BCUT2D eigenvalue weighted by Gasteiger charge is -2.31. The molecular formula is C19H23N3O6. The van der Waals surface area contributed by atoms with Gasteiger partial charge in [0.2, 0.25) is 0 Å². The number of amides is 2. The van der Waals surface area contributed by atoms with Crippen LogP contribution in [0, 0.1) is 16.0 Å². The number of nitrogens with zero attached hydrogens (tertiary/aromatic N) is 1. The third-order valence-corrected chi connectivity index (χ3v) is 5.26. The fourth-order valence-corrected chi connectivity index (χ4v) is 3.64. The number of phenolic OH excluding ortho intramolecular Hbond substituents is 1. The molecule has 1 aromatic rings. The number of nitro groups is 1. The van der Waals surface area contributed by atoms with Crippen molar-refractivity contribution in [1.29, 1.82) is 0 Å². The van der Waals surface area contributed by atoms with Crippen molar-refractivity contribution in [3.63, 3.8) is 0 Å². The number of aromatic hydroxyl groups is 1. The van der Waals surface area contributed by atoms with E-state index in [1.54, 1.807) is 6.92 Å². The SMILES string of the molecule is CC1=C(C(=O)OC2CCC(C)CC2)[C@H](c2ccc(O)c([N+](=O)[O-])c2)NC(=O)N1. The Balaban J connectivity index is 1.89. The van der Waals surface area contributed by atoms with Crippen molar-refractivity contribution in [1.82, 2.24) is 10.6 Å². The Kier molecular flexibility index (Phi) is 5.53. The van der Waals surface area contributed by atoms with Crippen molar-refractivity contribution in [2.45, 2.75) is 51.7 Å². The minimum Gasteiger partial charge on any atom is -0.502 e. The monoisotopic (exact) mass is 389 g/mol. The van der Waals surface area contributed by atoms with Crippen molar-refractivity contribution in [2.24, 2.45) is 5.92 Å². The number of urea groups is 1. The summed E-state index contributed by atoms with van der Waals surface area (Å²) in [5, 5.41) is 26.0. The van der Waals surface area contributed by atoms with Crippen LogP contribution in [0.2, 0.25) is 0 Å². The van der Waals surface area contributed by atoms with E-state index in [1.807, 2.05) is 0 Å². The number of carbonyl (C=O) groups is 2. The molecule has 0 radical (unpaired) electrons. The molecule has 0 unspecified atom stereocenters. The molecule has 3 rings (SSSR count). The summed E-state index contributed by atoms with van der Waals surface area (Å²) in [7, 11) is 0. The quantitative estimate of drug-likeness (QED) is 0.412. The van der Waals surface area contributed by atoms with E-state index in [0.717, 1.165) is 31.7 Å². The fourth-order valence-electron chi connectivity index (χ4n) is 3.64. The first kappa shape index (κ1) is 19.7. The van der Waals surface area contributed by atoms with Crippen molar-refractivity contribution in [3.8, 4) is 5.75 Å². The first-order valence-electron chi connectivity index (χ1n) is 9.22. The zero-order chi connectivity index (χ0) is 20.4. The Hall–Kier alpha value is -3.10. The Bertz CT molecular complexity index is 842. The number of nitrogens with one attached hydrogen (secondary N) is 2. The molecule has 1 fully saturated rings. The van der Waals surface area contributed by atoms with Gasteiger partial charge in [0, 0.05) is 11.8 Å². The van der Waals surface area contributed by atoms with Gasteiger partial charge in [-0.1, -0.05) is 13.0 Å². The van der Waals surface area contributed by atoms with E-state index in [4.69, 9.17) is 4.74 Å². The molecule has 1 heterocycles. The van der Waals surface area contributed by atoms with E-state index in [-0.39, 0.29) is 11.7 Å². The van der Waals surface area contributed by atoms with Crippen LogP contribution in [-0.2, 0) is 9.53 Å². The zero-order valence-electron chi connectivity index (χ0n) is 15.7. The van der Waals surface area contributed by atoms with E-state index in [1.165, 1.54) is 12.1 Å². The van der Waals surface area contributed by atoms with Crippen LogP contribution in [0.5, 0.6) is 5.75 Å². The molecular weight excluding hydrogens is 366 g/mol. The Morgan fingerprint density at radius 2 is 1.96 bits per heavy atom. The summed E-state index contributed by atoms with van der Waals surface area (Å²) in [6, 6.07) is 2.31. The number of esters is 1. The molecule has 1 aliphatic heterocycles. The van der Waals surface area contributed by atoms with Crippen molar-refractivity contribution >= 4 is 17.7 Å². The van der Waals surface area contributed by atoms with Gasteiger partial charge in [0.1, 0.15) is 6.10 Å². The Morgan fingerprint density at radius 1 is 1.29 bits per heavy atom. The van der Waals surface area contributed by atoms with Crippen LogP contribution in [0.25, 0.3) is 0 Å². The largest absolute Gasteiger partial charge is 0.502 e. The van der Waals surface area contributed by atoms with E-state index in [2.05, 4.69) is 17.6 Å². The summed E-state index contributed by atoms with van der Waals surface area (Å²) in [6.45, 7) is 3.75. The predicted octanol–water partition coefficient (Wildman–Crippen LogP) is 3.05. The molecule has 9 nitrogen and oxygen atoms in total. The maximum Gasteiger partial charge on any atom is 0.338 e. The number of hydrogen-bond acceptors (Lipinski definition) is 6. The summed E-state index contributed by atoms with van der Waals surface area (Å²) < 4.78 is 5.67. The number of phenols is 1. The number of hydrogen-bond donors (Lipinski definition) is 3. The Morgan fingerprint density at radius 3 is 2.61 bits per heavy atom. The molecule has 1 atom stereocenters. The number of carbonyl (C=O) groups excluding carboxylic acids is 2. The first-order chi connectivity index (χ1) is 13.3. The van der Waals surface area contributed by atoms with E-state index >= 15 is 0 Å². The lowest BCUT2D eigenvalue weighted by molar-refractivity contribution is -0.385. The van der Waals surface area contributed by atoms with Crippen LogP contribution in [0.1, 0.15) is 51.1 Å². The molecule has 0 bridgehead atoms. The molecule has 150 valence electrons. The maximum absolute atomic E-state index is 12.9. The molecule has 3 N–H and O–H groups in total. The third kappa shape index (κ3) is 4.08. The van der Waals surface area contributed by atoms with Gasteiger partial charge < -0.3 is 20.5 Å². The summed E-state index contributed by atoms with van der Waals surface area (Å²) in [5.74, 6) is -0.447. The lowest BCUT2D eigenvalue weighted by atomic mass is 9.88. The molecule has 28 heavy (non-hydrogen) atoms. The summed E-state index contributed by atoms with van der Waals surface area (Å²) in [5.41, 5.74) is 0.330. The molecule has 0 spiro atoms. The minimum atomic E-state index is -0.914. The van der Waals surface area contributed by atoms with E-state index in [0.29, 0.717) is 17.2 Å². The molecule has 2 aliphatic rings. The van der Waals surface area contributed by atoms with Gasteiger partial charge in [-0.2, -0.15) is 0 Å². The van der Waals surface area contributed by atoms with Crippen molar-refractivity contribution < 1.29 is 24.4 Å². The molecule has 1 aliphatic carbocycles. The van der Waals surface area contributed by atoms with E-state index in [9.17, 15) is 24.8 Å². The third-order valence-electron chi connectivity index (χ3n) is 5.26. The van der Waals surface area contributed by atoms with Gasteiger partial charge in [0.25, 0.3) is 0 Å². The van der Waals surface area contributed by atoms with Gasteiger partial charge in [-0.25, -0.2) is 9.59 Å². The number of benzene rings is 1. The summed E-state index contributed by atoms with van der Waals surface area (Å²) in [6.07, 6.45) is 3.36. The van der Waals surface area contributed by atoms with Gasteiger partial charge in [0.15, 0.2) is 5.75 Å².